The Balaban J connectivity index is 2.84. The molecule has 0 aromatic heterocycles. The monoisotopic (exact) mass is 309 g/mol. The average molecular weight is 309 g/mol. The van der Waals surface area contributed by atoms with Crippen LogP contribution in [0.25, 0.3) is 0 Å². The number of ketones is 1. The lowest BCUT2D eigenvalue weighted by atomic mass is 10.1. The van der Waals surface area contributed by atoms with Crippen molar-refractivity contribution in [1.29, 1.82) is 0 Å². The van der Waals surface area contributed by atoms with Crippen LogP contribution in [0.5, 0.6) is 5.75 Å². The molecule has 0 aliphatic carbocycles. The highest BCUT2D eigenvalue weighted by molar-refractivity contribution is 5.96. The molecule has 0 spiro atoms. The highest BCUT2D eigenvalue weighted by atomic mass is 16.6. The lowest BCUT2D eigenvalue weighted by molar-refractivity contribution is -0.385. The summed E-state index contributed by atoms with van der Waals surface area (Å²) in [6.45, 7) is 3.56. The molecular weight excluding hydrogens is 290 g/mol. The van der Waals surface area contributed by atoms with E-state index in [0.717, 1.165) is 0 Å². The van der Waals surface area contributed by atoms with Crippen molar-refractivity contribution in [2.75, 3.05) is 13.2 Å². The molecule has 1 aromatic rings. The van der Waals surface area contributed by atoms with Gasteiger partial charge < -0.3 is 9.47 Å². The van der Waals surface area contributed by atoms with Crippen molar-refractivity contribution in [3.63, 3.8) is 0 Å². The summed E-state index contributed by atoms with van der Waals surface area (Å²) in [4.78, 5) is 33.5. The molecule has 0 fully saturated rings. The third kappa shape index (κ3) is 5.16. The summed E-state index contributed by atoms with van der Waals surface area (Å²) in [5.41, 5.74) is -0.0836. The average Bonchev–Trinajstić information content (AvgIpc) is 2.50. The van der Waals surface area contributed by atoms with E-state index in [1.807, 2.05) is 13.8 Å². The fourth-order valence-electron chi connectivity index (χ4n) is 1.72. The van der Waals surface area contributed by atoms with Crippen molar-refractivity contribution in [3.05, 3.63) is 33.9 Å². The van der Waals surface area contributed by atoms with E-state index in [2.05, 4.69) is 0 Å². The first-order valence-electron chi connectivity index (χ1n) is 7.09. The fourth-order valence-corrected chi connectivity index (χ4v) is 1.72. The standard InChI is InChI=1S/C15H19NO6/c1-3-5-13(17)11-6-7-14(12(9-11)16(19)20)22-10-15(18)21-8-4-2/h6-7,9H,3-5,8,10H2,1-2H3. The number of nitro benzene ring substituents is 1. The summed E-state index contributed by atoms with van der Waals surface area (Å²) in [6.07, 6.45) is 1.66. The Bertz CT molecular complexity index is 555. The molecule has 0 saturated heterocycles. The number of benzene rings is 1. The largest absolute Gasteiger partial charge is 0.475 e. The van der Waals surface area contributed by atoms with Crippen molar-refractivity contribution in [1.82, 2.24) is 0 Å². The smallest absolute Gasteiger partial charge is 0.344 e. The topological polar surface area (TPSA) is 95.7 Å². The number of nitro groups is 1. The predicted molar refractivity (Wildman–Crippen MR) is 79.1 cm³/mol. The van der Waals surface area contributed by atoms with Gasteiger partial charge in [-0.15, -0.1) is 0 Å². The maximum Gasteiger partial charge on any atom is 0.344 e. The number of hydrogen-bond donors (Lipinski definition) is 0. The van der Waals surface area contributed by atoms with Crippen molar-refractivity contribution in [3.8, 4) is 5.75 Å². The van der Waals surface area contributed by atoms with E-state index in [9.17, 15) is 19.7 Å². The van der Waals surface area contributed by atoms with Gasteiger partial charge in [-0.2, -0.15) is 0 Å². The van der Waals surface area contributed by atoms with Crippen LogP contribution in [-0.2, 0) is 9.53 Å². The summed E-state index contributed by atoms with van der Waals surface area (Å²) in [5, 5.41) is 11.1. The van der Waals surface area contributed by atoms with Crippen LogP contribution in [0.2, 0.25) is 0 Å². The van der Waals surface area contributed by atoms with Crippen molar-refractivity contribution in [2.45, 2.75) is 33.1 Å². The van der Waals surface area contributed by atoms with E-state index >= 15 is 0 Å². The number of ether oxygens (including phenoxy) is 2. The first kappa shape index (κ1) is 17.6. The molecule has 120 valence electrons. The zero-order chi connectivity index (χ0) is 16.5. The lowest BCUT2D eigenvalue weighted by Crippen LogP contribution is -2.16. The molecule has 0 amide bonds. The van der Waals surface area contributed by atoms with Gasteiger partial charge in [-0.25, -0.2) is 4.79 Å². The number of carbonyl (C=O) groups is 2. The van der Waals surface area contributed by atoms with Gasteiger partial charge in [0.15, 0.2) is 18.1 Å². The van der Waals surface area contributed by atoms with Gasteiger partial charge in [0.05, 0.1) is 11.5 Å². The summed E-state index contributed by atoms with van der Waals surface area (Å²) >= 11 is 0. The molecule has 1 rings (SSSR count). The Morgan fingerprint density at radius 3 is 2.55 bits per heavy atom. The minimum Gasteiger partial charge on any atom is -0.475 e. The second-order valence-corrected chi connectivity index (χ2v) is 4.62. The zero-order valence-electron chi connectivity index (χ0n) is 12.7. The van der Waals surface area contributed by atoms with Crippen LogP contribution in [0.15, 0.2) is 18.2 Å². The van der Waals surface area contributed by atoms with Gasteiger partial charge in [0.1, 0.15) is 0 Å². The van der Waals surface area contributed by atoms with E-state index < -0.39 is 17.5 Å². The molecule has 0 atom stereocenters. The predicted octanol–water partition coefficient (Wildman–Crippen LogP) is 2.91. The molecule has 0 N–H and O–H groups in total. The lowest BCUT2D eigenvalue weighted by Gasteiger charge is -2.08. The molecule has 0 unspecified atom stereocenters. The van der Waals surface area contributed by atoms with Crippen LogP contribution in [0.3, 0.4) is 0 Å². The normalized spacial score (nSPS) is 10.1. The molecule has 0 bridgehead atoms. The summed E-state index contributed by atoms with van der Waals surface area (Å²) < 4.78 is 9.94. The minimum absolute atomic E-state index is 0.0634. The third-order valence-electron chi connectivity index (χ3n) is 2.77. The molecule has 1 aromatic carbocycles. The van der Waals surface area contributed by atoms with Gasteiger partial charge in [-0.05, 0) is 25.0 Å². The van der Waals surface area contributed by atoms with Gasteiger partial charge in [0.2, 0.25) is 0 Å². The van der Waals surface area contributed by atoms with Gasteiger partial charge >= 0.3 is 11.7 Å². The Morgan fingerprint density at radius 1 is 1.23 bits per heavy atom. The Kier molecular flexibility index (Phi) is 7.01. The SMILES string of the molecule is CCCOC(=O)COc1ccc(C(=O)CCC)cc1[N+](=O)[O-]. The Hall–Kier alpha value is -2.44. The van der Waals surface area contributed by atoms with Crippen molar-refractivity contribution in [2.24, 2.45) is 0 Å². The first-order chi connectivity index (χ1) is 10.5. The van der Waals surface area contributed by atoms with Crippen molar-refractivity contribution < 1.29 is 24.0 Å². The van der Waals surface area contributed by atoms with Gasteiger partial charge in [0, 0.05) is 18.1 Å². The van der Waals surface area contributed by atoms with E-state index in [-0.39, 0.29) is 29.4 Å². The summed E-state index contributed by atoms with van der Waals surface area (Å²) in [7, 11) is 0. The summed E-state index contributed by atoms with van der Waals surface area (Å²) in [6, 6.07) is 3.95. The molecular formula is C15H19NO6. The molecule has 0 aliphatic rings. The number of esters is 1. The summed E-state index contributed by atoms with van der Waals surface area (Å²) in [5.74, 6) is -0.826. The maximum atomic E-state index is 11.8. The van der Waals surface area contributed by atoms with Crippen LogP contribution in [0.1, 0.15) is 43.5 Å². The quantitative estimate of drug-likeness (QED) is 0.301. The van der Waals surface area contributed by atoms with Crippen LogP contribution in [0, 0.1) is 10.1 Å². The van der Waals surface area contributed by atoms with Gasteiger partial charge in [-0.1, -0.05) is 13.8 Å². The number of nitrogens with zero attached hydrogens (tertiary/aromatic N) is 1. The molecule has 0 saturated carbocycles. The zero-order valence-corrected chi connectivity index (χ0v) is 12.7. The third-order valence-corrected chi connectivity index (χ3v) is 2.77. The number of rotatable bonds is 9. The maximum absolute atomic E-state index is 11.8. The van der Waals surface area contributed by atoms with E-state index in [4.69, 9.17) is 9.47 Å². The molecule has 7 heteroatoms. The van der Waals surface area contributed by atoms with E-state index in [0.29, 0.717) is 19.3 Å². The number of carbonyl (C=O) groups excluding carboxylic acids is 2. The highest BCUT2D eigenvalue weighted by Gasteiger charge is 2.19. The number of hydrogen-bond acceptors (Lipinski definition) is 6. The van der Waals surface area contributed by atoms with Gasteiger partial charge in [-0.3, -0.25) is 14.9 Å². The van der Waals surface area contributed by atoms with Crippen molar-refractivity contribution >= 4 is 17.4 Å². The van der Waals surface area contributed by atoms with Crippen LogP contribution in [-0.4, -0.2) is 29.9 Å². The van der Waals surface area contributed by atoms with Crippen LogP contribution < -0.4 is 4.74 Å². The molecule has 7 nitrogen and oxygen atoms in total. The van der Waals surface area contributed by atoms with Crippen LogP contribution in [0.4, 0.5) is 5.69 Å². The second-order valence-electron chi connectivity index (χ2n) is 4.62. The second kappa shape index (κ2) is 8.76. The Labute approximate surface area is 128 Å². The number of Topliss-reactive ketones (excluding diaryl/α,β-unsaturated/α-hetero) is 1. The van der Waals surface area contributed by atoms with Crippen LogP contribution >= 0.6 is 0 Å². The van der Waals surface area contributed by atoms with E-state index in [1.54, 1.807) is 0 Å². The molecule has 0 aliphatic heterocycles. The minimum atomic E-state index is -0.643. The molecule has 22 heavy (non-hydrogen) atoms. The van der Waals surface area contributed by atoms with Gasteiger partial charge in [0.25, 0.3) is 0 Å². The molecule has 0 radical (unpaired) electrons. The first-order valence-corrected chi connectivity index (χ1v) is 7.09. The fraction of sp³-hybridized carbons (Fsp3) is 0.467. The van der Waals surface area contributed by atoms with E-state index in [1.165, 1.54) is 18.2 Å². The molecule has 0 heterocycles. The highest BCUT2D eigenvalue weighted by Crippen LogP contribution is 2.28. The Morgan fingerprint density at radius 2 is 1.95 bits per heavy atom.